The summed E-state index contributed by atoms with van der Waals surface area (Å²) < 4.78 is 23.4. The third kappa shape index (κ3) is 5.17. The minimum absolute atomic E-state index is 0.0281. The van der Waals surface area contributed by atoms with Gasteiger partial charge >= 0.3 is 0 Å². The van der Waals surface area contributed by atoms with Crippen LogP contribution in [0.25, 0.3) is 17.0 Å². The predicted octanol–water partition coefficient (Wildman–Crippen LogP) is 4.06. The van der Waals surface area contributed by atoms with Gasteiger partial charge in [0.25, 0.3) is 0 Å². The van der Waals surface area contributed by atoms with E-state index >= 15 is 4.39 Å². The highest BCUT2D eigenvalue weighted by atomic mass is 19.1. The maximum absolute atomic E-state index is 15.8. The number of hydrogen-bond acceptors (Lipinski definition) is 7. The van der Waals surface area contributed by atoms with Gasteiger partial charge in [-0.25, -0.2) is 4.39 Å². The second kappa shape index (κ2) is 11.1. The van der Waals surface area contributed by atoms with Gasteiger partial charge in [-0.1, -0.05) is 18.2 Å². The van der Waals surface area contributed by atoms with E-state index < -0.39 is 17.0 Å². The van der Waals surface area contributed by atoms with E-state index in [1.807, 2.05) is 16.4 Å². The largest absolute Gasteiger partial charge is 0.492 e. The molecule has 0 spiro atoms. The summed E-state index contributed by atoms with van der Waals surface area (Å²) in [6, 6.07) is 5.59. The monoisotopic (exact) mass is 559 g/mol. The van der Waals surface area contributed by atoms with Gasteiger partial charge in [0.15, 0.2) is 29.9 Å². The highest BCUT2D eigenvalue weighted by Crippen LogP contribution is 2.44. The van der Waals surface area contributed by atoms with Crippen LogP contribution in [0.15, 0.2) is 41.3 Å². The van der Waals surface area contributed by atoms with Gasteiger partial charge in [-0.05, 0) is 43.5 Å². The Kier molecular flexibility index (Phi) is 7.57. The number of ether oxygens (including phenoxy) is 1. The van der Waals surface area contributed by atoms with Crippen molar-refractivity contribution in [1.29, 1.82) is 0 Å². The van der Waals surface area contributed by atoms with Crippen molar-refractivity contribution in [1.82, 2.24) is 9.47 Å². The lowest BCUT2D eigenvalue weighted by atomic mass is 10.0. The van der Waals surface area contributed by atoms with Gasteiger partial charge in [0.1, 0.15) is 5.69 Å². The molecule has 0 bridgehead atoms. The van der Waals surface area contributed by atoms with Crippen LogP contribution >= 0.6 is 0 Å². The molecule has 1 atom stereocenters. The Morgan fingerprint density at radius 1 is 1.07 bits per heavy atom. The first-order chi connectivity index (χ1) is 19.7. The van der Waals surface area contributed by atoms with Gasteiger partial charge in [0.2, 0.25) is 11.3 Å². The number of allylic oxidation sites excluding steroid dienone is 1. The summed E-state index contributed by atoms with van der Waals surface area (Å²) in [5.41, 5.74) is 0.855. The van der Waals surface area contributed by atoms with E-state index in [1.54, 1.807) is 11.0 Å². The summed E-state index contributed by atoms with van der Waals surface area (Å²) in [5, 5.41) is 0.0447. The van der Waals surface area contributed by atoms with Crippen LogP contribution in [-0.2, 0) is 4.79 Å². The van der Waals surface area contributed by atoms with Crippen LogP contribution in [0, 0.1) is 5.82 Å². The van der Waals surface area contributed by atoms with Gasteiger partial charge in [-0.15, -0.1) is 0 Å². The zero-order chi connectivity index (χ0) is 29.4. The van der Waals surface area contributed by atoms with Gasteiger partial charge in [-0.2, -0.15) is 0 Å². The van der Waals surface area contributed by atoms with Crippen molar-refractivity contribution in [3.05, 3.63) is 74.8 Å². The number of halogens is 1. The number of piperazine rings is 1. The smallest absolute Gasteiger partial charge is 0.219 e. The van der Waals surface area contributed by atoms with Crippen molar-refractivity contribution < 1.29 is 28.3 Å². The minimum atomic E-state index is -0.644. The summed E-state index contributed by atoms with van der Waals surface area (Å²) >= 11 is 0. The number of aldehydes is 2. The van der Waals surface area contributed by atoms with Crippen LogP contribution in [0.4, 0.5) is 10.1 Å². The maximum Gasteiger partial charge on any atom is 0.219 e. The second-order valence-corrected chi connectivity index (χ2v) is 10.5. The number of hydrogen-bond donors (Lipinski definition) is 0. The van der Waals surface area contributed by atoms with E-state index in [4.69, 9.17) is 4.74 Å². The molecule has 2 heterocycles. The predicted molar refractivity (Wildman–Crippen MR) is 153 cm³/mol. The van der Waals surface area contributed by atoms with E-state index in [9.17, 15) is 24.0 Å². The van der Waals surface area contributed by atoms with Crippen molar-refractivity contribution in [2.24, 2.45) is 0 Å². The quantitative estimate of drug-likeness (QED) is 0.233. The molecule has 3 aromatic rings. The molecular weight excluding hydrogens is 529 g/mol. The minimum Gasteiger partial charge on any atom is -0.492 e. The first-order valence-electron chi connectivity index (χ1n) is 13.4. The van der Waals surface area contributed by atoms with E-state index in [2.05, 4.69) is 0 Å². The van der Waals surface area contributed by atoms with Crippen molar-refractivity contribution in [3.8, 4) is 5.75 Å². The third-order valence-electron chi connectivity index (χ3n) is 7.75. The standard InChI is InChI=1S/C31H30FN3O6/c1-18-14-33(10-11-34(18)19(2)38)29-26(32)13-24-28(31(29)41-3)35(23-7-8-23)15-25(30(24)40)27(39)9-5-20-4-6-21(16-36)22(12-20)17-37/h4-6,9,12-13,15-18,23H,7-8,10-11,14H2,1-3H3/b9-5+. The molecule has 1 aliphatic carbocycles. The average Bonchev–Trinajstić information content (AvgIpc) is 3.80. The van der Waals surface area contributed by atoms with Crippen LogP contribution in [0.2, 0.25) is 0 Å². The number of pyridine rings is 1. The Balaban J connectivity index is 1.58. The van der Waals surface area contributed by atoms with Gasteiger partial charge in [0.05, 0.1) is 23.6 Å². The summed E-state index contributed by atoms with van der Waals surface area (Å²) in [5.74, 6) is -1.04. The first kappa shape index (κ1) is 27.9. The van der Waals surface area contributed by atoms with Crippen LogP contribution in [0.1, 0.15) is 69.4 Å². The number of anilines is 1. The molecule has 212 valence electrons. The Bertz CT molecular complexity index is 1670. The molecule has 5 rings (SSSR count). The number of nitrogens with zero attached hydrogens (tertiary/aromatic N) is 3. The molecule has 1 saturated carbocycles. The van der Waals surface area contributed by atoms with Crippen molar-refractivity contribution in [3.63, 3.8) is 0 Å². The van der Waals surface area contributed by atoms with Crippen LogP contribution in [0.3, 0.4) is 0 Å². The molecule has 0 N–H and O–H groups in total. The first-order valence-corrected chi connectivity index (χ1v) is 13.4. The number of fused-ring (bicyclic) bond motifs is 1. The molecular formula is C31H30FN3O6. The molecule has 0 radical (unpaired) electrons. The Morgan fingerprint density at radius 3 is 2.41 bits per heavy atom. The van der Waals surface area contributed by atoms with Crippen LogP contribution in [0.5, 0.6) is 5.75 Å². The molecule has 1 aromatic heterocycles. The van der Waals surface area contributed by atoms with E-state index in [0.717, 1.165) is 12.8 Å². The molecule has 1 aliphatic heterocycles. The number of carbonyl (C=O) groups excluding carboxylic acids is 4. The highest BCUT2D eigenvalue weighted by Gasteiger charge is 2.33. The molecule has 2 aliphatic rings. The lowest BCUT2D eigenvalue weighted by Gasteiger charge is -2.41. The maximum atomic E-state index is 15.8. The summed E-state index contributed by atoms with van der Waals surface area (Å²) in [6.45, 7) is 4.64. The number of ketones is 1. The molecule has 41 heavy (non-hydrogen) atoms. The van der Waals surface area contributed by atoms with Crippen LogP contribution < -0.4 is 15.1 Å². The fourth-order valence-electron chi connectivity index (χ4n) is 5.54. The second-order valence-electron chi connectivity index (χ2n) is 10.5. The van der Waals surface area contributed by atoms with E-state index in [1.165, 1.54) is 50.6 Å². The fraction of sp³-hybridized carbons (Fsp3) is 0.323. The molecule has 10 heteroatoms. The number of carbonyl (C=O) groups is 4. The number of aromatic nitrogens is 1. The van der Waals surface area contributed by atoms with Crippen molar-refractivity contribution in [2.45, 2.75) is 38.8 Å². The average molecular weight is 560 g/mol. The molecule has 1 unspecified atom stereocenters. The molecule has 2 fully saturated rings. The molecule has 9 nitrogen and oxygen atoms in total. The summed E-state index contributed by atoms with van der Waals surface area (Å²) in [4.78, 5) is 64.8. The number of rotatable bonds is 8. The number of benzene rings is 2. The van der Waals surface area contributed by atoms with E-state index in [-0.39, 0.29) is 51.5 Å². The summed E-state index contributed by atoms with van der Waals surface area (Å²) in [7, 11) is 1.43. The fourth-order valence-corrected chi connectivity index (χ4v) is 5.54. The van der Waals surface area contributed by atoms with Crippen molar-refractivity contribution >= 4 is 46.9 Å². The van der Waals surface area contributed by atoms with Gasteiger partial charge in [-0.3, -0.25) is 24.0 Å². The third-order valence-corrected chi connectivity index (χ3v) is 7.75. The van der Waals surface area contributed by atoms with Gasteiger partial charge < -0.3 is 19.1 Å². The Morgan fingerprint density at radius 2 is 1.80 bits per heavy atom. The normalized spacial score (nSPS) is 17.2. The lowest BCUT2D eigenvalue weighted by molar-refractivity contribution is -0.131. The lowest BCUT2D eigenvalue weighted by Crippen LogP contribution is -2.53. The van der Waals surface area contributed by atoms with Gasteiger partial charge in [0, 0.05) is 56.0 Å². The van der Waals surface area contributed by atoms with Crippen molar-refractivity contribution in [2.75, 3.05) is 31.6 Å². The Labute approximate surface area is 235 Å². The molecule has 2 aromatic carbocycles. The highest BCUT2D eigenvalue weighted by molar-refractivity contribution is 6.09. The van der Waals surface area contributed by atoms with E-state index in [0.29, 0.717) is 43.3 Å². The summed E-state index contributed by atoms with van der Waals surface area (Å²) in [6.07, 6.45) is 7.00. The number of amides is 1. The zero-order valence-corrected chi connectivity index (χ0v) is 23.1. The molecule has 1 saturated heterocycles. The Hall–Kier alpha value is -4.60. The SMILES string of the molecule is COc1c(N2CCN(C(C)=O)C(C)C2)c(F)cc2c(=O)c(C(=O)/C=C/c3ccc(C=O)c(C=O)c3)cn(C3CC3)c12. The van der Waals surface area contributed by atoms with Crippen LogP contribution in [-0.4, -0.2) is 66.5 Å². The zero-order valence-electron chi connectivity index (χ0n) is 23.1. The molecule has 1 amide bonds. The topological polar surface area (TPSA) is 106 Å². The number of methoxy groups -OCH3 is 1.